The van der Waals surface area contributed by atoms with Gasteiger partial charge in [-0.3, -0.25) is 4.79 Å². The number of nitrogens with zero attached hydrogens (tertiary/aromatic N) is 2. The summed E-state index contributed by atoms with van der Waals surface area (Å²) in [5.74, 6) is 0.322. The highest BCUT2D eigenvalue weighted by Gasteiger charge is 2.27. The summed E-state index contributed by atoms with van der Waals surface area (Å²) in [5, 5.41) is 1.04. The van der Waals surface area contributed by atoms with Crippen LogP contribution in [0, 0.1) is 0 Å². The minimum atomic E-state index is 0.322. The topological polar surface area (TPSA) is 33.2 Å². The number of hydrogen-bond acceptors (Lipinski definition) is 4. The van der Waals surface area contributed by atoms with E-state index in [2.05, 4.69) is 30.7 Å². The van der Waals surface area contributed by atoms with Crippen molar-refractivity contribution >= 4 is 22.8 Å². The van der Waals surface area contributed by atoms with E-state index in [9.17, 15) is 4.79 Å². The van der Waals surface area contributed by atoms with Crippen LogP contribution in [0.15, 0.2) is 0 Å². The first-order valence-corrected chi connectivity index (χ1v) is 7.21. The van der Waals surface area contributed by atoms with Gasteiger partial charge in [-0.15, -0.1) is 0 Å². The Hall–Kier alpha value is -0.900. The molecule has 4 heteroatoms. The van der Waals surface area contributed by atoms with Crippen LogP contribution in [0.3, 0.4) is 0 Å². The highest BCUT2D eigenvalue weighted by Crippen LogP contribution is 2.34. The molecule has 1 fully saturated rings. The highest BCUT2D eigenvalue weighted by atomic mass is 32.1. The molecule has 0 aromatic carbocycles. The van der Waals surface area contributed by atoms with E-state index in [0.29, 0.717) is 12.0 Å². The molecule has 1 aromatic rings. The van der Waals surface area contributed by atoms with Crippen molar-refractivity contribution in [1.29, 1.82) is 0 Å². The Labute approximate surface area is 107 Å². The maximum atomic E-state index is 11.1. The largest absolute Gasteiger partial charge is 0.345 e. The van der Waals surface area contributed by atoms with Crippen LogP contribution in [0.1, 0.15) is 61.3 Å². The summed E-state index contributed by atoms with van der Waals surface area (Å²) in [5.41, 5.74) is 0.960. The smallest absolute Gasteiger partial charge is 0.186 e. The van der Waals surface area contributed by atoms with Gasteiger partial charge in [0, 0.05) is 12.6 Å². The van der Waals surface area contributed by atoms with Gasteiger partial charge in [0.1, 0.15) is 0 Å². The average molecular weight is 252 g/mol. The molecule has 1 saturated heterocycles. The van der Waals surface area contributed by atoms with Crippen LogP contribution in [-0.4, -0.2) is 23.9 Å². The number of rotatable bonds is 4. The lowest BCUT2D eigenvalue weighted by molar-refractivity contribution is 0.112. The maximum absolute atomic E-state index is 11.1. The summed E-state index contributed by atoms with van der Waals surface area (Å²) in [6.45, 7) is 7.49. The van der Waals surface area contributed by atoms with Gasteiger partial charge in [-0.1, -0.05) is 32.1 Å². The van der Waals surface area contributed by atoms with E-state index in [1.807, 2.05) is 0 Å². The Kier molecular flexibility index (Phi) is 3.82. The molecular weight excluding hydrogens is 232 g/mol. The third-order valence-corrected chi connectivity index (χ3v) is 4.45. The number of thiazole rings is 1. The molecule has 1 aliphatic rings. The van der Waals surface area contributed by atoms with Gasteiger partial charge >= 0.3 is 0 Å². The molecule has 94 valence electrons. The van der Waals surface area contributed by atoms with E-state index < -0.39 is 0 Å². The van der Waals surface area contributed by atoms with Gasteiger partial charge in [0.15, 0.2) is 11.4 Å². The fraction of sp³-hybridized carbons (Fsp3) is 0.692. The quantitative estimate of drug-likeness (QED) is 0.769. The van der Waals surface area contributed by atoms with Gasteiger partial charge in [0.25, 0.3) is 0 Å². The fourth-order valence-corrected chi connectivity index (χ4v) is 3.60. The fourth-order valence-electron chi connectivity index (χ4n) is 2.46. The lowest BCUT2D eigenvalue weighted by Gasteiger charge is -2.22. The molecule has 2 heterocycles. The van der Waals surface area contributed by atoms with Gasteiger partial charge < -0.3 is 4.90 Å². The molecule has 1 aliphatic heterocycles. The summed E-state index contributed by atoms with van der Waals surface area (Å²) in [4.78, 5) is 18.9. The minimum absolute atomic E-state index is 0.322. The van der Waals surface area contributed by atoms with Crippen molar-refractivity contribution in [3.63, 3.8) is 0 Å². The van der Waals surface area contributed by atoms with E-state index in [1.54, 1.807) is 11.3 Å². The van der Waals surface area contributed by atoms with Crippen LogP contribution in [-0.2, 0) is 0 Å². The lowest BCUT2D eigenvalue weighted by Crippen LogP contribution is -2.28. The first-order valence-electron chi connectivity index (χ1n) is 6.39. The molecule has 0 radical (unpaired) electrons. The van der Waals surface area contributed by atoms with Crippen molar-refractivity contribution in [3.05, 3.63) is 10.6 Å². The molecule has 0 N–H and O–H groups in total. The zero-order chi connectivity index (χ0) is 12.4. The van der Waals surface area contributed by atoms with Crippen LogP contribution in [0.5, 0.6) is 0 Å². The molecule has 1 atom stereocenters. The molecule has 1 unspecified atom stereocenters. The van der Waals surface area contributed by atoms with Crippen LogP contribution >= 0.6 is 11.3 Å². The van der Waals surface area contributed by atoms with Gasteiger partial charge in [-0.25, -0.2) is 4.98 Å². The number of carbonyl (C=O) groups excluding carboxylic acids is 1. The highest BCUT2D eigenvalue weighted by molar-refractivity contribution is 7.17. The van der Waals surface area contributed by atoms with Crippen LogP contribution < -0.4 is 4.90 Å². The molecule has 0 spiro atoms. The Bertz CT molecular complexity index is 400. The molecule has 0 bridgehead atoms. The lowest BCUT2D eigenvalue weighted by atomic mass is 10.1. The zero-order valence-electron chi connectivity index (χ0n) is 10.8. The molecule has 0 saturated carbocycles. The van der Waals surface area contributed by atoms with Crippen molar-refractivity contribution in [2.24, 2.45) is 0 Å². The second-order valence-corrected chi connectivity index (χ2v) is 5.93. The monoisotopic (exact) mass is 252 g/mol. The molecule has 0 amide bonds. The normalized spacial score (nSPS) is 20.2. The standard InChI is InChI=1S/C13H20N2OS/c1-4-10-6-5-7-15(10)13-14-12(9(2)3)11(8-16)17-13/h8-10H,4-7H2,1-3H3. The molecule has 3 nitrogen and oxygen atoms in total. The van der Waals surface area contributed by atoms with Crippen molar-refractivity contribution in [2.75, 3.05) is 11.4 Å². The summed E-state index contributed by atoms with van der Waals surface area (Å²) in [6, 6.07) is 0.612. The van der Waals surface area contributed by atoms with Crippen LogP contribution in [0.4, 0.5) is 5.13 Å². The van der Waals surface area contributed by atoms with E-state index in [4.69, 9.17) is 0 Å². The van der Waals surface area contributed by atoms with Crippen molar-refractivity contribution in [2.45, 2.75) is 52.0 Å². The Morgan fingerprint density at radius 2 is 2.35 bits per heavy atom. The molecule has 0 aliphatic carbocycles. The summed E-state index contributed by atoms with van der Waals surface area (Å²) >= 11 is 1.55. The summed E-state index contributed by atoms with van der Waals surface area (Å²) in [6.07, 6.45) is 4.61. The van der Waals surface area contributed by atoms with E-state index in [0.717, 1.165) is 35.0 Å². The number of hydrogen-bond donors (Lipinski definition) is 0. The summed E-state index contributed by atoms with van der Waals surface area (Å²) < 4.78 is 0. The number of anilines is 1. The van der Waals surface area contributed by atoms with Gasteiger partial charge in [0.2, 0.25) is 0 Å². The zero-order valence-corrected chi connectivity index (χ0v) is 11.6. The third-order valence-electron chi connectivity index (χ3n) is 3.42. The second kappa shape index (κ2) is 5.17. The molecular formula is C13H20N2OS. The van der Waals surface area contributed by atoms with E-state index in [1.165, 1.54) is 12.8 Å². The number of carbonyl (C=O) groups is 1. The van der Waals surface area contributed by atoms with Crippen LogP contribution in [0.2, 0.25) is 0 Å². The molecule has 17 heavy (non-hydrogen) atoms. The van der Waals surface area contributed by atoms with Crippen molar-refractivity contribution in [1.82, 2.24) is 4.98 Å². The third kappa shape index (κ3) is 2.37. The van der Waals surface area contributed by atoms with E-state index in [-0.39, 0.29) is 0 Å². The number of aromatic nitrogens is 1. The molecule has 1 aromatic heterocycles. The Morgan fingerprint density at radius 3 is 2.88 bits per heavy atom. The van der Waals surface area contributed by atoms with Crippen LogP contribution in [0.25, 0.3) is 0 Å². The first kappa shape index (κ1) is 12.6. The predicted molar refractivity (Wildman–Crippen MR) is 72.2 cm³/mol. The number of aldehydes is 1. The SMILES string of the molecule is CCC1CCCN1c1nc(C(C)C)c(C=O)s1. The average Bonchev–Trinajstić information content (AvgIpc) is 2.94. The van der Waals surface area contributed by atoms with E-state index >= 15 is 0 Å². The van der Waals surface area contributed by atoms with Gasteiger partial charge in [-0.2, -0.15) is 0 Å². The Balaban J connectivity index is 2.29. The maximum Gasteiger partial charge on any atom is 0.186 e. The Morgan fingerprint density at radius 1 is 1.59 bits per heavy atom. The van der Waals surface area contributed by atoms with Gasteiger partial charge in [0.05, 0.1) is 10.6 Å². The second-order valence-electron chi connectivity index (χ2n) is 4.92. The van der Waals surface area contributed by atoms with Gasteiger partial charge in [-0.05, 0) is 25.2 Å². The molecule has 2 rings (SSSR count). The van der Waals surface area contributed by atoms with Crippen molar-refractivity contribution < 1.29 is 4.79 Å². The summed E-state index contributed by atoms with van der Waals surface area (Å²) in [7, 11) is 0. The first-order chi connectivity index (χ1) is 8.17. The minimum Gasteiger partial charge on any atom is -0.345 e. The predicted octanol–water partition coefficient (Wildman–Crippen LogP) is 3.46. The van der Waals surface area contributed by atoms with Crippen molar-refractivity contribution in [3.8, 4) is 0 Å².